The maximum absolute atomic E-state index is 12.0. The summed E-state index contributed by atoms with van der Waals surface area (Å²) in [6.07, 6.45) is 0. The number of aromatic hydroxyl groups is 1. The van der Waals surface area contributed by atoms with Crippen LogP contribution in [0.15, 0.2) is 40.9 Å². The maximum Gasteiger partial charge on any atom is 0.255 e. The molecule has 6 heteroatoms. The molecule has 0 aliphatic heterocycles. The third-order valence-electron chi connectivity index (χ3n) is 2.46. The molecule has 0 unspecified atom stereocenters. The zero-order chi connectivity index (χ0) is 14.0. The first-order valence-corrected chi connectivity index (χ1v) is 6.49. The van der Waals surface area contributed by atoms with Crippen molar-refractivity contribution in [3.8, 4) is 5.75 Å². The topological polar surface area (TPSA) is 75.3 Å². The number of phenols is 1. The van der Waals surface area contributed by atoms with Gasteiger partial charge < -0.3 is 16.2 Å². The lowest BCUT2D eigenvalue weighted by Gasteiger charge is -2.07. The van der Waals surface area contributed by atoms with Crippen molar-refractivity contribution < 1.29 is 9.90 Å². The van der Waals surface area contributed by atoms with Crippen molar-refractivity contribution in [3.05, 3.63) is 51.5 Å². The number of anilines is 2. The number of amides is 1. The first-order chi connectivity index (χ1) is 8.97. The van der Waals surface area contributed by atoms with Gasteiger partial charge in [-0.2, -0.15) is 0 Å². The van der Waals surface area contributed by atoms with Crippen LogP contribution in [0.3, 0.4) is 0 Å². The minimum atomic E-state index is -0.330. The summed E-state index contributed by atoms with van der Waals surface area (Å²) in [5.74, 6) is -0.394. The van der Waals surface area contributed by atoms with Crippen molar-refractivity contribution in [1.29, 1.82) is 0 Å². The van der Waals surface area contributed by atoms with Gasteiger partial charge in [-0.3, -0.25) is 4.79 Å². The van der Waals surface area contributed by atoms with Crippen LogP contribution in [-0.4, -0.2) is 11.0 Å². The number of hydrogen-bond acceptors (Lipinski definition) is 3. The minimum absolute atomic E-state index is 0.0638. The second kappa shape index (κ2) is 5.50. The Morgan fingerprint density at radius 2 is 2.00 bits per heavy atom. The highest BCUT2D eigenvalue weighted by atomic mass is 79.9. The monoisotopic (exact) mass is 340 g/mol. The Kier molecular flexibility index (Phi) is 3.97. The van der Waals surface area contributed by atoms with E-state index in [9.17, 15) is 9.90 Å². The van der Waals surface area contributed by atoms with Crippen molar-refractivity contribution in [2.24, 2.45) is 0 Å². The van der Waals surface area contributed by atoms with Crippen LogP contribution in [0.2, 0.25) is 5.02 Å². The normalized spacial score (nSPS) is 10.2. The number of nitrogen functional groups attached to an aromatic ring is 1. The van der Waals surface area contributed by atoms with Gasteiger partial charge in [0, 0.05) is 21.4 Å². The fraction of sp³-hybridized carbons (Fsp3) is 0. The highest BCUT2D eigenvalue weighted by Gasteiger charge is 2.09. The number of halogens is 2. The Hall–Kier alpha value is -1.72. The number of nitrogens with two attached hydrogens (primary N) is 1. The molecule has 0 aromatic heterocycles. The van der Waals surface area contributed by atoms with Gasteiger partial charge in [-0.25, -0.2) is 0 Å². The molecule has 0 saturated carbocycles. The van der Waals surface area contributed by atoms with Gasteiger partial charge >= 0.3 is 0 Å². The standard InChI is InChI=1S/C13H10BrClN2O2/c14-9-3-2-8(6-11(9)16)17-13(19)7-1-4-12(18)10(15)5-7/h1-6,18H,16H2,(H,17,19). The summed E-state index contributed by atoms with van der Waals surface area (Å²) in [6, 6.07) is 9.36. The fourth-order valence-corrected chi connectivity index (χ4v) is 1.90. The average molecular weight is 342 g/mol. The average Bonchev–Trinajstić information content (AvgIpc) is 2.37. The number of carbonyl (C=O) groups excluding carboxylic acids is 1. The van der Waals surface area contributed by atoms with E-state index in [0.717, 1.165) is 4.47 Å². The predicted octanol–water partition coefficient (Wildman–Crippen LogP) is 3.64. The van der Waals surface area contributed by atoms with Gasteiger partial charge in [0.1, 0.15) is 5.75 Å². The van der Waals surface area contributed by atoms with Gasteiger partial charge in [-0.15, -0.1) is 0 Å². The first-order valence-electron chi connectivity index (χ1n) is 5.32. The molecular weight excluding hydrogens is 332 g/mol. The van der Waals surface area contributed by atoms with E-state index in [4.69, 9.17) is 17.3 Å². The zero-order valence-corrected chi connectivity index (χ0v) is 12.0. The molecule has 2 aromatic carbocycles. The number of phenolic OH excluding ortho intramolecular Hbond substituents is 1. The zero-order valence-electron chi connectivity index (χ0n) is 9.65. The highest BCUT2D eigenvalue weighted by Crippen LogP contribution is 2.25. The van der Waals surface area contributed by atoms with Crippen molar-refractivity contribution in [2.45, 2.75) is 0 Å². The van der Waals surface area contributed by atoms with Gasteiger partial charge in [-0.1, -0.05) is 11.6 Å². The van der Waals surface area contributed by atoms with Gasteiger partial charge in [0.2, 0.25) is 0 Å². The molecule has 0 saturated heterocycles. The molecule has 2 rings (SSSR count). The number of benzene rings is 2. The second-order valence-electron chi connectivity index (χ2n) is 3.86. The third kappa shape index (κ3) is 3.19. The number of carbonyl (C=O) groups is 1. The van der Waals surface area contributed by atoms with Crippen LogP contribution < -0.4 is 11.1 Å². The molecule has 0 radical (unpaired) electrons. The lowest BCUT2D eigenvalue weighted by molar-refractivity contribution is 0.102. The summed E-state index contributed by atoms with van der Waals surface area (Å²) < 4.78 is 0.762. The molecule has 0 bridgehead atoms. The van der Waals surface area contributed by atoms with E-state index in [2.05, 4.69) is 21.2 Å². The fourth-order valence-electron chi connectivity index (χ4n) is 1.47. The Morgan fingerprint density at radius 3 is 2.63 bits per heavy atom. The summed E-state index contributed by atoms with van der Waals surface area (Å²) in [5.41, 5.74) is 7.19. The van der Waals surface area contributed by atoms with E-state index < -0.39 is 0 Å². The van der Waals surface area contributed by atoms with Crippen molar-refractivity contribution in [2.75, 3.05) is 11.1 Å². The molecule has 0 fully saturated rings. The molecule has 98 valence electrons. The summed E-state index contributed by atoms with van der Waals surface area (Å²) in [6.45, 7) is 0. The van der Waals surface area contributed by atoms with Crippen LogP contribution in [0, 0.1) is 0 Å². The van der Waals surface area contributed by atoms with E-state index >= 15 is 0 Å². The van der Waals surface area contributed by atoms with E-state index in [1.807, 2.05) is 0 Å². The molecule has 2 aromatic rings. The molecule has 1 amide bonds. The number of rotatable bonds is 2. The van der Waals surface area contributed by atoms with Crippen LogP contribution in [0.5, 0.6) is 5.75 Å². The van der Waals surface area contributed by atoms with Crippen molar-refractivity contribution in [1.82, 2.24) is 0 Å². The highest BCUT2D eigenvalue weighted by molar-refractivity contribution is 9.10. The molecule has 19 heavy (non-hydrogen) atoms. The smallest absolute Gasteiger partial charge is 0.255 e. The Morgan fingerprint density at radius 1 is 1.26 bits per heavy atom. The number of hydrogen-bond donors (Lipinski definition) is 3. The Balaban J connectivity index is 2.20. The quantitative estimate of drug-likeness (QED) is 0.730. The van der Waals surface area contributed by atoms with Crippen LogP contribution in [0.1, 0.15) is 10.4 Å². The van der Waals surface area contributed by atoms with Crippen LogP contribution >= 0.6 is 27.5 Å². The second-order valence-corrected chi connectivity index (χ2v) is 5.12. The molecule has 0 aliphatic rings. The minimum Gasteiger partial charge on any atom is -0.506 e. The van der Waals surface area contributed by atoms with E-state index in [0.29, 0.717) is 16.9 Å². The van der Waals surface area contributed by atoms with Gasteiger partial charge in [0.05, 0.1) is 5.02 Å². The van der Waals surface area contributed by atoms with Crippen LogP contribution in [0.4, 0.5) is 11.4 Å². The van der Waals surface area contributed by atoms with Gasteiger partial charge in [0.15, 0.2) is 0 Å². The molecule has 0 aliphatic carbocycles. The molecule has 0 atom stereocenters. The first kappa shape index (κ1) is 13.7. The van der Waals surface area contributed by atoms with E-state index in [1.165, 1.54) is 18.2 Å². The van der Waals surface area contributed by atoms with E-state index in [-0.39, 0.29) is 16.7 Å². The summed E-state index contributed by atoms with van der Waals surface area (Å²) in [4.78, 5) is 12.0. The lowest BCUT2D eigenvalue weighted by Crippen LogP contribution is -2.12. The van der Waals surface area contributed by atoms with Gasteiger partial charge in [-0.05, 0) is 52.3 Å². The molecule has 0 spiro atoms. The number of nitrogens with one attached hydrogen (secondary N) is 1. The predicted molar refractivity (Wildman–Crippen MR) is 79.6 cm³/mol. The summed E-state index contributed by atoms with van der Waals surface area (Å²) in [5, 5.41) is 12.1. The van der Waals surface area contributed by atoms with Gasteiger partial charge in [0.25, 0.3) is 5.91 Å². The summed E-state index contributed by atoms with van der Waals surface area (Å²) in [7, 11) is 0. The van der Waals surface area contributed by atoms with Crippen molar-refractivity contribution in [3.63, 3.8) is 0 Å². The molecule has 4 N–H and O–H groups in total. The molecule has 4 nitrogen and oxygen atoms in total. The lowest BCUT2D eigenvalue weighted by atomic mass is 10.2. The Bertz CT molecular complexity index is 647. The molecule has 0 heterocycles. The molecular formula is C13H10BrClN2O2. The Labute approximate surface area is 123 Å². The van der Waals surface area contributed by atoms with Crippen LogP contribution in [0.25, 0.3) is 0 Å². The summed E-state index contributed by atoms with van der Waals surface area (Å²) >= 11 is 9.03. The van der Waals surface area contributed by atoms with Crippen molar-refractivity contribution >= 4 is 44.8 Å². The largest absolute Gasteiger partial charge is 0.506 e. The SMILES string of the molecule is Nc1cc(NC(=O)c2ccc(O)c(Cl)c2)ccc1Br. The maximum atomic E-state index is 12.0. The van der Waals surface area contributed by atoms with Crippen LogP contribution in [-0.2, 0) is 0 Å². The third-order valence-corrected chi connectivity index (χ3v) is 3.49. The van der Waals surface area contributed by atoms with E-state index in [1.54, 1.807) is 18.2 Å².